The first kappa shape index (κ1) is 9.02. The number of hydrogen-bond acceptors (Lipinski definition) is 3. The summed E-state index contributed by atoms with van der Waals surface area (Å²) in [5.74, 6) is -0.850. The Morgan fingerprint density at radius 1 is 1.57 bits per heavy atom. The lowest BCUT2D eigenvalue weighted by Crippen LogP contribution is -2.35. The lowest BCUT2D eigenvalue weighted by molar-refractivity contribution is -0.139. The Morgan fingerprint density at radius 2 is 2.36 bits per heavy atom. The fraction of sp³-hybridized carbons (Fsp3) is 0.300. The van der Waals surface area contributed by atoms with E-state index in [9.17, 15) is 4.79 Å². The van der Waals surface area contributed by atoms with E-state index < -0.39 is 12.0 Å². The highest BCUT2D eigenvalue weighted by Gasteiger charge is 2.25. The van der Waals surface area contributed by atoms with Crippen LogP contribution in [0.25, 0.3) is 0 Å². The Morgan fingerprint density at radius 3 is 3.07 bits per heavy atom. The van der Waals surface area contributed by atoms with Crippen LogP contribution in [-0.4, -0.2) is 17.6 Å². The van der Waals surface area contributed by atoms with Crippen molar-refractivity contribution in [3.05, 3.63) is 29.3 Å². The molecule has 1 aliphatic heterocycles. The van der Waals surface area contributed by atoms with Gasteiger partial charge in [-0.2, -0.15) is 0 Å². The van der Waals surface area contributed by atoms with Gasteiger partial charge in [0.15, 0.2) is 0 Å². The Hall–Kier alpha value is -1.55. The van der Waals surface area contributed by atoms with Gasteiger partial charge in [-0.3, -0.25) is 4.79 Å². The third-order valence-corrected chi connectivity index (χ3v) is 2.47. The number of fused-ring (bicyclic) bond motifs is 1. The summed E-state index contributed by atoms with van der Waals surface area (Å²) in [7, 11) is 0. The van der Waals surface area contributed by atoms with Gasteiger partial charge in [-0.1, -0.05) is 6.07 Å². The highest BCUT2D eigenvalue weighted by Crippen LogP contribution is 2.24. The predicted molar refractivity (Wildman–Crippen MR) is 52.9 cm³/mol. The molecule has 1 heterocycles. The standard InChI is InChI=1S/C10H12N2O2/c11-7-2-1-6-3-4-12-9(10(13)14)8(6)5-7/h1-2,5,9,12H,3-4,11H2,(H,13,14)/t9-/m0/s1. The van der Waals surface area contributed by atoms with Gasteiger partial charge in [0.1, 0.15) is 6.04 Å². The molecule has 0 aromatic heterocycles. The number of nitrogens with one attached hydrogen (secondary N) is 1. The molecule has 0 radical (unpaired) electrons. The first-order valence-corrected chi connectivity index (χ1v) is 4.53. The second kappa shape index (κ2) is 3.31. The van der Waals surface area contributed by atoms with E-state index in [2.05, 4.69) is 5.32 Å². The maximum Gasteiger partial charge on any atom is 0.325 e. The summed E-state index contributed by atoms with van der Waals surface area (Å²) >= 11 is 0. The van der Waals surface area contributed by atoms with Crippen molar-refractivity contribution >= 4 is 11.7 Å². The Labute approximate surface area is 81.7 Å². The molecule has 1 atom stereocenters. The van der Waals surface area contributed by atoms with Gasteiger partial charge < -0.3 is 16.2 Å². The van der Waals surface area contributed by atoms with Crippen LogP contribution < -0.4 is 11.1 Å². The van der Waals surface area contributed by atoms with E-state index in [0.29, 0.717) is 12.2 Å². The first-order valence-electron chi connectivity index (χ1n) is 4.53. The number of nitrogen functional groups attached to an aromatic ring is 1. The van der Waals surface area contributed by atoms with Crippen molar-refractivity contribution in [2.75, 3.05) is 12.3 Å². The van der Waals surface area contributed by atoms with E-state index >= 15 is 0 Å². The molecule has 4 nitrogen and oxygen atoms in total. The van der Waals surface area contributed by atoms with Crippen molar-refractivity contribution in [1.29, 1.82) is 0 Å². The molecule has 4 N–H and O–H groups in total. The molecule has 0 fully saturated rings. The fourth-order valence-electron chi connectivity index (χ4n) is 1.79. The average Bonchev–Trinajstić information content (AvgIpc) is 2.16. The van der Waals surface area contributed by atoms with Gasteiger partial charge in [-0.15, -0.1) is 0 Å². The largest absolute Gasteiger partial charge is 0.480 e. The third kappa shape index (κ3) is 1.44. The zero-order valence-electron chi connectivity index (χ0n) is 7.66. The molecule has 74 valence electrons. The van der Waals surface area contributed by atoms with Crippen LogP contribution in [0.15, 0.2) is 18.2 Å². The molecule has 0 aliphatic carbocycles. The number of rotatable bonds is 1. The molecule has 0 saturated heterocycles. The molecular weight excluding hydrogens is 180 g/mol. The summed E-state index contributed by atoms with van der Waals surface area (Å²) < 4.78 is 0. The van der Waals surface area contributed by atoms with E-state index in [1.165, 1.54) is 0 Å². The van der Waals surface area contributed by atoms with Crippen LogP contribution in [0.5, 0.6) is 0 Å². The highest BCUT2D eigenvalue weighted by atomic mass is 16.4. The summed E-state index contributed by atoms with van der Waals surface area (Å²) in [6.07, 6.45) is 0.861. The maximum atomic E-state index is 10.9. The quantitative estimate of drug-likeness (QED) is 0.568. The van der Waals surface area contributed by atoms with Crippen LogP contribution in [0.2, 0.25) is 0 Å². The summed E-state index contributed by atoms with van der Waals surface area (Å²) in [6.45, 7) is 0.702. The van der Waals surface area contributed by atoms with Gasteiger partial charge in [-0.25, -0.2) is 0 Å². The number of aliphatic carboxylic acids is 1. The third-order valence-electron chi connectivity index (χ3n) is 2.47. The van der Waals surface area contributed by atoms with Crippen LogP contribution in [-0.2, 0) is 11.2 Å². The van der Waals surface area contributed by atoms with Gasteiger partial charge in [-0.05, 0) is 29.7 Å². The molecule has 1 aliphatic rings. The number of carbonyl (C=O) groups is 1. The van der Waals surface area contributed by atoms with E-state index in [0.717, 1.165) is 17.5 Å². The van der Waals surface area contributed by atoms with Gasteiger partial charge >= 0.3 is 5.97 Å². The molecule has 0 bridgehead atoms. The van der Waals surface area contributed by atoms with Gasteiger partial charge in [0, 0.05) is 12.2 Å². The second-order valence-corrected chi connectivity index (χ2v) is 3.43. The molecule has 1 aromatic rings. The SMILES string of the molecule is Nc1ccc2c(c1)[C@@H](C(=O)O)NCC2. The summed E-state index contributed by atoms with van der Waals surface area (Å²) in [4.78, 5) is 10.9. The Balaban J connectivity index is 2.46. The minimum absolute atomic E-state index is 0.609. The van der Waals surface area contributed by atoms with Crippen LogP contribution in [0.4, 0.5) is 5.69 Å². The average molecular weight is 192 g/mol. The normalized spacial score (nSPS) is 20.1. The molecule has 14 heavy (non-hydrogen) atoms. The van der Waals surface area contributed by atoms with Crippen molar-refractivity contribution in [3.63, 3.8) is 0 Å². The number of carboxylic acid groups (broad SMARTS) is 1. The first-order chi connectivity index (χ1) is 6.68. The zero-order chi connectivity index (χ0) is 10.1. The van der Waals surface area contributed by atoms with Gasteiger partial charge in [0.25, 0.3) is 0 Å². The fourth-order valence-corrected chi connectivity index (χ4v) is 1.79. The van der Waals surface area contributed by atoms with Crippen molar-refractivity contribution in [3.8, 4) is 0 Å². The molecule has 2 rings (SSSR count). The monoisotopic (exact) mass is 192 g/mol. The molecular formula is C10H12N2O2. The highest BCUT2D eigenvalue weighted by molar-refractivity contribution is 5.77. The molecule has 0 saturated carbocycles. The molecule has 0 amide bonds. The van der Waals surface area contributed by atoms with Crippen molar-refractivity contribution in [1.82, 2.24) is 5.32 Å². The molecule has 0 spiro atoms. The molecule has 1 aromatic carbocycles. The Bertz CT molecular complexity index is 376. The van der Waals surface area contributed by atoms with Crippen LogP contribution in [0, 0.1) is 0 Å². The van der Waals surface area contributed by atoms with Crippen molar-refractivity contribution < 1.29 is 9.90 Å². The number of benzene rings is 1. The number of hydrogen-bond donors (Lipinski definition) is 3. The van der Waals surface area contributed by atoms with E-state index in [-0.39, 0.29) is 0 Å². The summed E-state index contributed by atoms with van der Waals surface area (Å²) in [5, 5.41) is 11.9. The van der Waals surface area contributed by atoms with E-state index in [1.807, 2.05) is 12.1 Å². The Kier molecular flexibility index (Phi) is 2.13. The van der Waals surface area contributed by atoms with Gasteiger partial charge in [0.05, 0.1) is 0 Å². The lowest BCUT2D eigenvalue weighted by Gasteiger charge is -2.23. The van der Waals surface area contributed by atoms with Gasteiger partial charge in [0.2, 0.25) is 0 Å². The number of anilines is 1. The summed E-state index contributed by atoms with van der Waals surface area (Å²) in [6, 6.07) is 4.84. The maximum absolute atomic E-state index is 10.9. The zero-order valence-corrected chi connectivity index (χ0v) is 7.66. The van der Waals surface area contributed by atoms with E-state index in [1.54, 1.807) is 6.07 Å². The lowest BCUT2D eigenvalue weighted by atomic mass is 9.94. The van der Waals surface area contributed by atoms with Crippen LogP contribution >= 0.6 is 0 Å². The number of carboxylic acids is 1. The molecule has 4 heteroatoms. The number of nitrogens with two attached hydrogens (primary N) is 1. The minimum Gasteiger partial charge on any atom is -0.480 e. The predicted octanol–water partition coefficient (Wildman–Crippen LogP) is 0.540. The minimum atomic E-state index is -0.850. The van der Waals surface area contributed by atoms with E-state index in [4.69, 9.17) is 10.8 Å². The van der Waals surface area contributed by atoms with Crippen molar-refractivity contribution in [2.45, 2.75) is 12.5 Å². The smallest absolute Gasteiger partial charge is 0.325 e. The topological polar surface area (TPSA) is 75.4 Å². The second-order valence-electron chi connectivity index (χ2n) is 3.43. The molecule has 0 unspecified atom stereocenters. The van der Waals surface area contributed by atoms with Crippen LogP contribution in [0.1, 0.15) is 17.2 Å². The summed E-state index contributed by atoms with van der Waals surface area (Å²) in [5.41, 5.74) is 8.10. The van der Waals surface area contributed by atoms with Crippen molar-refractivity contribution in [2.24, 2.45) is 0 Å². The van der Waals surface area contributed by atoms with Crippen LogP contribution in [0.3, 0.4) is 0 Å².